The summed E-state index contributed by atoms with van der Waals surface area (Å²) in [5, 5.41) is 11.7. The van der Waals surface area contributed by atoms with Crippen molar-refractivity contribution in [2.75, 3.05) is 0 Å². The van der Waals surface area contributed by atoms with Crippen molar-refractivity contribution in [3.05, 3.63) is 35.0 Å². The van der Waals surface area contributed by atoms with E-state index in [-0.39, 0.29) is 5.69 Å². The minimum absolute atomic E-state index is 0.172. The Morgan fingerprint density at radius 2 is 2.07 bits per heavy atom. The summed E-state index contributed by atoms with van der Waals surface area (Å²) >= 11 is 0. The van der Waals surface area contributed by atoms with E-state index in [9.17, 15) is 9.90 Å². The van der Waals surface area contributed by atoms with Crippen LogP contribution in [0.5, 0.6) is 0 Å². The molecule has 0 amide bonds. The maximum Gasteiger partial charge on any atom is 0.0881 e. The number of hydrogen-bond acceptors (Lipinski definition) is 2. The van der Waals surface area contributed by atoms with Gasteiger partial charge in [0.2, 0.25) is 0 Å². The molecule has 14 heavy (non-hydrogen) atoms. The molecule has 0 unspecified atom stereocenters. The summed E-state index contributed by atoms with van der Waals surface area (Å²) in [6.45, 7) is 3.76. The van der Waals surface area contributed by atoms with Gasteiger partial charge in [-0.3, -0.25) is 0 Å². The average molecular weight is 188 g/mol. The lowest BCUT2D eigenvalue weighted by atomic mass is 10.1. The van der Waals surface area contributed by atoms with Gasteiger partial charge in [0.05, 0.1) is 11.7 Å². The molecule has 0 fully saturated rings. The summed E-state index contributed by atoms with van der Waals surface area (Å²) in [6.07, 6.45) is 0. The molecule has 0 aliphatic carbocycles. The van der Waals surface area contributed by atoms with E-state index >= 15 is 0 Å². The molecule has 1 aromatic carbocycles. The lowest BCUT2D eigenvalue weighted by Crippen LogP contribution is -2.23. The Morgan fingerprint density at radius 1 is 1.36 bits per heavy atom. The second-order valence-corrected chi connectivity index (χ2v) is 3.46. The second kappa shape index (κ2) is 2.87. The maximum atomic E-state index is 10.7. The molecule has 0 aliphatic rings. The molecule has 0 spiro atoms. The van der Waals surface area contributed by atoms with Crippen LogP contribution in [0.1, 0.15) is 21.6 Å². The summed E-state index contributed by atoms with van der Waals surface area (Å²) < 4.78 is 0. The number of aromatic carboxylic acids is 1. The molecule has 0 aliphatic heterocycles. The molecule has 2 rings (SSSR count). The first kappa shape index (κ1) is 8.81. The number of carboxylic acids is 1. The van der Waals surface area contributed by atoms with E-state index in [0.29, 0.717) is 0 Å². The van der Waals surface area contributed by atoms with Gasteiger partial charge in [-0.1, -0.05) is 11.6 Å². The number of hydrogen-bond donors (Lipinski definition) is 1. The molecule has 1 heterocycles. The molecule has 0 bridgehead atoms. The van der Waals surface area contributed by atoms with Gasteiger partial charge in [0.25, 0.3) is 0 Å². The lowest BCUT2D eigenvalue weighted by molar-refractivity contribution is -0.255. The largest absolute Gasteiger partial charge is 0.543 e. The number of benzene rings is 1. The van der Waals surface area contributed by atoms with E-state index < -0.39 is 5.97 Å². The van der Waals surface area contributed by atoms with Crippen LogP contribution in [0, 0.1) is 13.8 Å². The summed E-state index contributed by atoms with van der Waals surface area (Å²) in [4.78, 5) is 13.6. The number of aryl methyl sites for hydroxylation is 2. The second-order valence-electron chi connectivity index (χ2n) is 3.46. The fourth-order valence-electron chi connectivity index (χ4n) is 1.64. The highest BCUT2D eigenvalue weighted by atomic mass is 16.4. The Bertz CT molecular complexity index is 511. The van der Waals surface area contributed by atoms with E-state index in [4.69, 9.17) is 0 Å². The standard InChI is InChI=1S/C11H11NO2/c1-6-3-4-9-8(5-6)7(2)10(12-9)11(13)14/h3-5,12H,1-2H3,(H,13,14)/p-1. The SMILES string of the molecule is Cc1ccc2[nH]c(C(=O)[O-])c(C)c2c1. The van der Waals surface area contributed by atoms with Crippen LogP contribution in [0.3, 0.4) is 0 Å². The monoisotopic (exact) mass is 188 g/mol. The van der Waals surface area contributed by atoms with Crippen molar-refractivity contribution < 1.29 is 9.90 Å². The van der Waals surface area contributed by atoms with E-state index in [1.54, 1.807) is 6.92 Å². The Balaban J connectivity index is 2.80. The van der Waals surface area contributed by atoms with Gasteiger partial charge in [0, 0.05) is 10.9 Å². The quantitative estimate of drug-likeness (QED) is 0.729. The summed E-state index contributed by atoms with van der Waals surface area (Å²) in [5.41, 5.74) is 2.87. The van der Waals surface area contributed by atoms with Crippen LogP contribution >= 0.6 is 0 Å². The number of carboxylic acid groups (broad SMARTS) is 1. The first-order chi connectivity index (χ1) is 6.59. The number of carbonyl (C=O) groups excluding carboxylic acids is 1. The van der Waals surface area contributed by atoms with Crippen molar-refractivity contribution in [1.82, 2.24) is 4.98 Å². The normalized spacial score (nSPS) is 10.7. The average Bonchev–Trinajstić information content (AvgIpc) is 2.44. The molecule has 1 N–H and O–H groups in total. The topological polar surface area (TPSA) is 55.9 Å². The molecule has 3 nitrogen and oxygen atoms in total. The zero-order chi connectivity index (χ0) is 10.3. The molecular formula is C11H10NO2-. The van der Waals surface area contributed by atoms with Gasteiger partial charge in [-0.25, -0.2) is 0 Å². The molecule has 3 heteroatoms. The van der Waals surface area contributed by atoms with E-state index in [0.717, 1.165) is 22.0 Å². The Hall–Kier alpha value is -1.77. The van der Waals surface area contributed by atoms with Crippen molar-refractivity contribution in [2.24, 2.45) is 0 Å². The van der Waals surface area contributed by atoms with E-state index in [1.165, 1.54) is 0 Å². The minimum atomic E-state index is -1.16. The van der Waals surface area contributed by atoms with Crippen LogP contribution in [0.15, 0.2) is 18.2 Å². The Kier molecular flexibility index (Phi) is 1.81. The van der Waals surface area contributed by atoms with Crippen LogP contribution in [0.25, 0.3) is 10.9 Å². The van der Waals surface area contributed by atoms with Crippen LogP contribution in [0.4, 0.5) is 0 Å². The number of carbonyl (C=O) groups is 1. The lowest BCUT2D eigenvalue weighted by Gasteiger charge is -1.98. The smallest absolute Gasteiger partial charge is 0.0881 e. The predicted octanol–water partition coefficient (Wildman–Crippen LogP) is 1.15. The number of aromatic nitrogens is 1. The molecule has 1 aromatic heterocycles. The van der Waals surface area contributed by atoms with Gasteiger partial charge in [0.1, 0.15) is 0 Å². The minimum Gasteiger partial charge on any atom is -0.543 e. The summed E-state index contributed by atoms with van der Waals surface area (Å²) in [6, 6.07) is 5.79. The van der Waals surface area contributed by atoms with Crippen LogP contribution in [0.2, 0.25) is 0 Å². The first-order valence-corrected chi connectivity index (χ1v) is 4.40. The number of H-pyrrole nitrogens is 1. The van der Waals surface area contributed by atoms with Crippen molar-refractivity contribution in [1.29, 1.82) is 0 Å². The van der Waals surface area contributed by atoms with E-state index in [2.05, 4.69) is 4.98 Å². The number of aromatic amines is 1. The fourth-order valence-corrected chi connectivity index (χ4v) is 1.64. The highest BCUT2D eigenvalue weighted by molar-refractivity contribution is 5.96. The Labute approximate surface area is 81.4 Å². The fraction of sp³-hybridized carbons (Fsp3) is 0.182. The third-order valence-corrected chi connectivity index (χ3v) is 2.42. The van der Waals surface area contributed by atoms with Crippen molar-refractivity contribution in [2.45, 2.75) is 13.8 Å². The van der Waals surface area contributed by atoms with Crippen LogP contribution in [-0.2, 0) is 0 Å². The van der Waals surface area contributed by atoms with Gasteiger partial charge in [-0.15, -0.1) is 0 Å². The number of fused-ring (bicyclic) bond motifs is 1. The highest BCUT2D eigenvalue weighted by Gasteiger charge is 2.07. The third kappa shape index (κ3) is 1.18. The maximum absolute atomic E-state index is 10.7. The van der Waals surface area contributed by atoms with Gasteiger partial charge < -0.3 is 14.9 Å². The van der Waals surface area contributed by atoms with E-state index in [1.807, 2.05) is 25.1 Å². The molecule has 0 saturated carbocycles. The molecule has 0 radical (unpaired) electrons. The van der Waals surface area contributed by atoms with Crippen molar-refractivity contribution >= 4 is 16.9 Å². The van der Waals surface area contributed by atoms with Gasteiger partial charge in [0.15, 0.2) is 0 Å². The van der Waals surface area contributed by atoms with Crippen molar-refractivity contribution in [3.8, 4) is 0 Å². The predicted molar refractivity (Wildman–Crippen MR) is 52.1 cm³/mol. The highest BCUT2D eigenvalue weighted by Crippen LogP contribution is 2.22. The van der Waals surface area contributed by atoms with Crippen LogP contribution in [-0.4, -0.2) is 11.0 Å². The zero-order valence-corrected chi connectivity index (χ0v) is 8.05. The Morgan fingerprint density at radius 3 is 2.71 bits per heavy atom. The number of rotatable bonds is 1. The number of nitrogens with one attached hydrogen (secondary N) is 1. The molecule has 72 valence electrons. The van der Waals surface area contributed by atoms with Gasteiger partial charge in [-0.05, 0) is 31.5 Å². The molecule has 2 aromatic rings. The van der Waals surface area contributed by atoms with Gasteiger partial charge >= 0.3 is 0 Å². The summed E-state index contributed by atoms with van der Waals surface area (Å²) in [7, 11) is 0. The third-order valence-electron chi connectivity index (χ3n) is 2.42. The van der Waals surface area contributed by atoms with Gasteiger partial charge in [-0.2, -0.15) is 0 Å². The molecular weight excluding hydrogens is 178 g/mol. The van der Waals surface area contributed by atoms with Crippen molar-refractivity contribution in [3.63, 3.8) is 0 Å². The first-order valence-electron chi connectivity index (χ1n) is 4.40. The summed E-state index contributed by atoms with van der Waals surface area (Å²) in [5.74, 6) is -1.16. The molecule has 0 atom stereocenters. The zero-order valence-electron chi connectivity index (χ0n) is 8.05. The van der Waals surface area contributed by atoms with Crippen LogP contribution < -0.4 is 5.11 Å². The molecule has 0 saturated heterocycles.